The van der Waals surface area contributed by atoms with Crippen molar-refractivity contribution in [3.63, 3.8) is 0 Å². The summed E-state index contributed by atoms with van der Waals surface area (Å²) in [6.07, 6.45) is 9.04. The van der Waals surface area contributed by atoms with Crippen LogP contribution in [0.1, 0.15) is 38.5 Å². The van der Waals surface area contributed by atoms with Crippen molar-refractivity contribution in [3.8, 4) is 23.5 Å². The number of methoxy groups -OCH3 is 1. The SMILES string of the molecule is COCCNC1CCC(Nc2nccc(-c3ccnc(OCC4(C#N)CCOCC4)n3)n2)CC1. The Morgan fingerprint density at radius 1 is 1.06 bits per heavy atom. The van der Waals surface area contributed by atoms with Crippen LogP contribution in [0, 0.1) is 16.7 Å². The van der Waals surface area contributed by atoms with Gasteiger partial charge >= 0.3 is 6.01 Å². The number of hydrogen-bond donors (Lipinski definition) is 2. The van der Waals surface area contributed by atoms with Crippen LogP contribution in [-0.4, -0.2) is 72.1 Å². The first-order valence-electron chi connectivity index (χ1n) is 12.0. The molecule has 1 saturated carbocycles. The Morgan fingerprint density at radius 3 is 2.50 bits per heavy atom. The minimum atomic E-state index is -0.554. The van der Waals surface area contributed by atoms with Crippen molar-refractivity contribution in [2.24, 2.45) is 5.41 Å². The Kier molecular flexibility index (Phi) is 8.57. The van der Waals surface area contributed by atoms with E-state index in [4.69, 9.17) is 14.2 Å². The highest BCUT2D eigenvalue weighted by atomic mass is 16.5. The van der Waals surface area contributed by atoms with Gasteiger partial charge in [0.15, 0.2) is 0 Å². The number of anilines is 1. The molecule has 0 atom stereocenters. The molecule has 2 aromatic rings. The van der Waals surface area contributed by atoms with Gasteiger partial charge in [0.1, 0.15) is 6.61 Å². The zero-order valence-corrected chi connectivity index (χ0v) is 19.7. The highest BCUT2D eigenvalue weighted by Crippen LogP contribution is 2.30. The van der Waals surface area contributed by atoms with Crippen molar-refractivity contribution in [2.75, 3.05) is 45.4 Å². The van der Waals surface area contributed by atoms with Crippen LogP contribution in [-0.2, 0) is 9.47 Å². The number of ether oxygens (including phenoxy) is 3. The molecule has 0 radical (unpaired) electrons. The fourth-order valence-electron chi connectivity index (χ4n) is 4.37. The van der Waals surface area contributed by atoms with Crippen molar-refractivity contribution in [1.82, 2.24) is 25.3 Å². The maximum Gasteiger partial charge on any atom is 0.316 e. The van der Waals surface area contributed by atoms with Crippen LogP contribution in [0.2, 0.25) is 0 Å². The van der Waals surface area contributed by atoms with Gasteiger partial charge in [-0.1, -0.05) is 0 Å². The van der Waals surface area contributed by atoms with E-state index < -0.39 is 5.41 Å². The highest BCUT2D eigenvalue weighted by molar-refractivity contribution is 5.55. The summed E-state index contributed by atoms with van der Waals surface area (Å²) in [4.78, 5) is 17.8. The Morgan fingerprint density at radius 2 is 1.76 bits per heavy atom. The summed E-state index contributed by atoms with van der Waals surface area (Å²) in [5.74, 6) is 0.597. The lowest BCUT2D eigenvalue weighted by Gasteiger charge is -2.29. The number of rotatable bonds is 10. The molecule has 10 nitrogen and oxygen atoms in total. The molecule has 1 saturated heterocycles. The van der Waals surface area contributed by atoms with Crippen LogP contribution < -0.4 is 15.4 Å². The van der Waals surface area contributed by atoms with Gasteiger partial charge in [-0.3, -0.25) is 0 Å². The minimum Gasteiger partial charge on any atom is -0.462 e. The monoisotopic (exact) mass is 467 g/mol. The lowest BCUT2D eigenvalue weighted by Crippen LogP contribution is -2.38. The van der Waals surface area contributed by atoms with Gasteiger partial charge in [0.05, 0.1) is 29.5 Å². The average Bonchev–Trinajstić information content (AvgIpc) is 2.90. The van der Waals surface area contributed by atoms with Gasteiger partial charge in [-0.2, -0.15) is 10.2 Å². The predicted molar refractivity (Wildman–Crippen MR) is 126 cm³/mol. The number of nitrogens with one attached hydrogen (secondary N) is 2. The minimum absolute atomic E-state index is 0.242. The van der Waals surface area contributed by atoms with E-state index in [0.717, 1.165) is 38.8 Å². The topological polar surface area (TPSA) is 127 Å². The maximum absolute atomic E-state index is 9.62. The molecule has 2 aromatic heterocycles. The van der Waals surface area contributed by atoms with Crippen LogP contribution in [0.25, 0.3) is 11.4 Å². The molecule has 3 heterocycles. The van der Waals surface area contributed by atoms with Crippen molar-refractivity contribution in [1.29, 1.82) is 5.26 Å². The number of aromatic nitrogens is 4. The van der Waals surface area contributed by atoms with E-state index in [-0.39, 0.29) is 12.6 Å². The van der Waals surface area contributed by atoms with Crippen molar-refractivity contribution < 1.29 is 14.2 Å². The Hall–Kier alpha value is -2.87. The number of nitrogens with zero attached hydrogens (tertiary/aromatic N) is 5. The smallest absolute Gasteiger partial charge is 0.316 e. The molecule has 1 aliphatic heterocycles. The normalized spacial score (nSPS) is 22.0. The van der Waals surface area contributed by atoms with Gasteiger partial charge in [0.25, 0.3) is 0 Å². The second-order valence-corrected chi connectivity index (χ2v) is 8.92. The van der Waals surface area contributed by atoms with Crippen LogP contribution >= 0.6 is 0 Å². The summed E-state index contributed by atoms with van der Waals surface area (Å²) in [6.45, 7) is 3.01. The van der Waals surface area contributed by atoms with Gasteiger partial charge in [-0.05, 0) is 50.7 Å². The first-order valence-corrected chi connectivity index (χ1v) is 12.0. The molecule has 0 amide bonds. The van der Waals surface area contributed by atoms with Gasteiger partial charge in [-0.15, -0.1) is 0 Å². The molecule has 2 N–H and O–H groups in total. The van der Waals surface area contributed by atoms with E-state index in [1.165, 1.54) is 0 Å². The highest BCUT2D eigenvalue weighted by Gasteiger charge is 2.34. The molecule has 0 bridgehead atoms. The lowest BCUT2D eigenvalue weighted by atomic mass is 9.83. The van der Waals surface area contributed by atoms with Gasteiger partial charge in [0, 0.05) is 51.3 Å². The quantitative estimate of drug-likeness (QED) is 0.503. The molecule has 10 heteroatoms. The molecule has 182 valence electrons. The molecule has 0 aromatic carbocycles. The summed E-state index contributed by atoms with van der Waals surface area (Å²) < 4.78 is 16.3. The summed E-state index contributed by atoms with van der Waals surface area (Å²) in [5.41, 5.74) is 0.794. The van der Waals surface area contributed by atoms with Crippen LogP contribution in [0.15, 0.2) is 24.5 Å². The molecule has 0 spiro atoms. The fraction of sp³-hybridized carbons (Fsp3) is 0.625. The largest absolute Gasteiger partial charge is 0.462 e. The molecule has 2 aliphatic rings. The standard InChI is InChI=1S/C24H33N7O3/c1-32-15-12-26-18-2-4-19(5-3-18)29-22-27-10-6-20(30-22)21-7-11-28-23(31-21)34-17-24(16-25)8-13-33-14-9-24/h6-7,10-11,18-19,26H,2-5,8-9,12-15,17H2,1H3,(H,27,29,30). The predicted octanol–water partition coefficient (Wildman–Crippen LogP) is 2.59. The summed E-state index contributed by atoms with van der Waals surface area (Å²) in [6, 6.07) is 7.15. The molecular weight excluding hydrogens is 434 g/mol. The third kappa shape index (κ3) is 6.59. The molecular formula is C24H33N7O3. The van der Waals surface area contributed by atoms with Crippen molar-refractivity contribution in [3.05, 3.63) is 24.5 Å². The Bertz CT molecular complexity index is 954. The van der Waals surface area contributed by atoms with E-state index in [0.29, 0.717) is 55.5 Å². The van der Waals surface area contributed by atoms with E-state index in [9.17, 15) is 5.26 Å². The van der Waals surface area contributed by atoms with E-state index >= 15 is 0 Å². The third-order valence-corrected chi connectivity index (χ3v) is 6.52. The molecule has 1 aliphatic carbocycles. The van der Waals surface area contributed by atoms with Crippen molar-refractivity contribution >= 4 is 5.95 Å². The number of hydrogen-bond acceptors (Lipinski definition) is 10. The van der Waals surface area contributed by atoms with Gasteiger partial charge in [-0.25, -0.2) is 15.0 Å². The maximum atomic E-state index is 9.62. The Balaban J connectivity index is 1.33. The zero-order chi connectivity index (χ0) is 23.6. The van der Waals surface area contributed by atoms with E-state index in [2.05, 4.69) is 36.6 Å². The first-order chi connectivity index (χ1) is 16.7. The van der Waals surface area contributed by atoms with Gasteiger partial charge in [0.2, 0.25) is 5.95 Å². The lowest BCUT2D eigenvalue weighted by molar-refractivity contribution is 0.0174. The van der Waals surface area contributed by atoms with E-state index in [1.54, 1.807) is 25.6 Å². The second kappa shape index (κ2) is 12.0. The fourth-order valence-corrected chi connectivity index (χ4v) is 4.37. The summed E-state index contributed by atoms with van der Waals surface area (Å²) >= 11 is 0. The first kappa shape index (κ1) is 24.3. The number of nitriles is 1. The molecule has 2 fully saturated rings. The zero-order valence-electron chi connectivity index (χ0n) is 19.7. The molecule has 0 unspecified atom stereocenters. The van der Waals surface area contributed by atoms with Crippen LogP contribution in [0.5, 0.6) is 6.01 Å². The van der Waals surface area contributed by atoms with Crippen LogP contribution in [0.4, 0.5) is 5.95 Å². The summed E-state index contributed by atoms with van der Waals surface area (Å²) in [5, 5.41) is 16.6. The summed E-state index contributed by atoms with van der Waals surface area (Å²) in [7, 11) is 1.73. The Labute approximate surface area is 200 Å². The van der Waals surface area contributed by atoms with Gasteiger partial charge < -0.3 is 24.8 Å². The van der Waals surface area contributed by atoms with Crippen molar-refractivity contribution in [2.45, 2.75) is 50.6 Å². The molecule has 34 heavy (non-hydrogen) atoms. The second-order valence-electron chi connectivity index (χ2n) is 8.92. The average molecular weight is 468 g/mol. The third-order valence-electron chi connectivity index (χ3n) is 6.52. The molecule has 4 rings (SSSR count). The van der Waals surface area contributed by atoms with E-state index in [1.807, 2.05) is 6.07 Å². The van der Waals surface area contributed by atoms with Crippen LogP contribution in [0.3, 0.4) is 0 Å².